The van der Waals surface area contributed by atoms with E-state index in [0.29, 0.717) is 6.42 Å². The lowest BCUT2D eigenvalue weighted by molar-refractivity contribution is -0.202. The van der Waals surface area contributed by atoms with Crippen molar-refractivity contribution in [1.29, 1.82) is 0 Å². The number of hydrogen-bond acceptors (Lipinski definition) is 2. The summed E-state index contributed by atoms with van der Waals surface area (Å²) in [5.74, 6) is -0.372. The minimum Gasteiger partial charge on any atom is -0.288 e. The molecule has 0 aliphatic carbocycles. The second kappa shape index (κ2) is 6.20. The van der Waals surface area contributed by atoms with Crippen LogP contribution in [0.4, 0.5) is 13.2 Å². The molecule has 1 saturated heterocycles. The van der Waals surface area contributed by atoms with Gasteiger partial charge in [-0.1, -0.05) is 28.1 Å². The molecule has 1 aromatic rings. The first-order chi connectivity index (χ1) is 10.1. The summed E-state index contributed by atoms with van der Waals surface area (Å²) in [4.78, 5) is 11.5. The number of carbonyl (C=O) groups is 1. The molecule has 3 nitrogen and oxygen atoms in total. The molecule has 122 valence electrons. The number of halogens is 4. The van der Waals surface area contributed by atoms with Gasteiger partial charge in [-0.05, 0) is 44.4 Å². The van der Waals surface area contributed by atoms with Crippen molar-refractivity contribution < 1.29 is 18.0 Å². The van der Waals surface area contributed by atoms with Gasteiger partial charge in [-0.25, -0.2) is 5.01 Å². The van der Waals surface area contributed by atoms with Crippen molar-refractivity contribution in [1.82, 2.24) is 10.4 Å². The van der Waals surface area contributed by atoms with E-state index >= 15 is 0 Å². The molecule has 1 aliphatic heterocycles. The lowest BCUT2D eigenvalue weighted by atomic mass is 9.97. The smallest absolute Gasteiger partial charge is 0.288 e. The van der Waals surface area contributed by atoms with E-state index < -0.39 is 17.8 Å². The number of carbonyl (C=O) groups excluding carboxylic acids is 1. The molecule has 0 bridgehead atoms. The van der Waals surface area contributed by atoms with Crippen molar-refractivity contribution in [3.8, 4) is 0 Å². The van der Waals surface area contributed by atoms with E-state index in [2.05, 4.69) is 21.4 Å². The fourth-order valence-corrected chi connectivity index (χ4v) is 2.96. The SMILES string of the molecule is CC1(C)CC(=O)NN1[C@@H](CCc1ccc(Br)cc1)C(F)(F)F. The highest BCUT2D eigenvalue weighted by atomic mass is 79.9. The summed E-state index contributed by atoms with van der Waals surface area (Å²) in [6.07, 6.45) is -4.14. The summed E-state index contributed by atoms with van der Waals surface area (Å²) in [5, 5.41) is 1.06. The summed E-state index contributed by atoms with van der Waals surface area (Å²) in [6, 6.07) is 5.51. The number of hydrogen-bond donors (Lipinski definition) is 1. The van der Waals surface area contributed by atoms with Gasteiger partial charge < -0.3 is 0 Å². The van der Waals surface area contributed by atoms with Gasteiger partial charge in [0.1, 0.15) is 6.04 Å². The molecule has 0 spiro atoms. The van der Waals surface area contributed by atoms with Crippen molar-refractivity contribution in [2.45, 2.75) is 50.9 Å². The molecule has 0 radical (unpaired) electrons. The quantitative estimate of drug-likeness (QED) is 0.863. The molecule has 1 aliphatic rings. The summed E-state index contributed by atoms with van der Waals surface area (Å²) in [5.41, 5.74) is 2.35. The number of hydrazine groups is 1. The molecule has 1 atom stereocenters. The summed E-state index contributed by atoms with van der Waals surface area (Å²) in [6.45, 7) is 3.28. The minimum absolute atomic E-state index is 0.0673. The summed E-state index contributed by atoms with van der Waals surface area (Å²) < 4.78 is 41.1. The van der Waals surface area contributed by atoms with Crippen LogP contribution in [0.2, 0.25) is 0 Å². The lowest BCUT2D eigenvalue weighted by Gasteiger charge is -2.37. The van der Waals surface area contributed by atoms with Crippen LogP contribution < -0.4 is 5.43 Å². The van der Waals surface area contributed by atoms with E-state index in [4.69, 9.17) is 0 Å². The monoisotopic (exact) mass is 378 g/mol. The third-order valence-electron chi connectivity index (χ3n) is 3.80. The van der Waals surface area contributed by atoms with Gasteiger partial charge in [0.2, 0.25) is 5.91 Å². The Balaban J connectivity index is 2.14. The predicted octanol–water partition coefficient (Wildman–Crippen LogP) is 3.83. The zero-order valence-corrected chi connectivity index (χ0v) is 14.0. The predicted molar refractivity (Wildman–Crippen MR) is 81.0 cm³/mol. The summed E-state index contributed by atoms with van der Waals surface area (Å²) in [7, 11) is 0. The van der Waals surface area contributed by atoms with Gasteiger partial charge >= 0.3 is 6.18 Å². The molecule has 0 saturated carbocycles. The molecule has 1 fully saturated rings. The van der Waals surface area contributed by atoms with Gasteiger partial charge in [-0.3, -0.25) is 10.2 Å². The highest BCUT2D eigenvalue weighted by molar-refractivity contribution is 9.10. The van der Waals surface area contributed by atoms with Crippen molar-refractivity contribution in [3.05, 3.63) is 34.3 Å². The largest absolute Gasteiger partial charge is 0.405 e. The number of nitrogens with zero attached hydrogens (tertiary/aromatic N) is 1. The first-order valence-corrected chi connectivity index (χ1v) is 7.79. The van der Waals surface area contributed by atoms with Crippen LogP contribution in [0.1, 0.15) is 32.3 Å². The van der Waals surface area contributed by atoms with Crippen LogP contribution in [0, 0.1) is 0 Å². The highest BCUT2D eigenvalue weighted by Gasteiger charge is 2.51. The van der Waals surface area contributed by atoms with E-state index in [1.54, 1.807) is 38.1 Å². The molecule has 0 aromatic heterocycles. The molecular weight excluding hydrogens is 361 g/mol. The fraction of sp³-hybridized carbons (Fsp3) is 0.533. The molecule has 1 amide bonds. The summed E-state index contributed by atoms with van der Waals surface area (Å²) >= 11 is 3.30. The first kappa shape index (κ1) is 17.3. The zero-order valence-electron chi connectivity index (χ0n) is 12.4. The molecular formula is C15H18BrF3N2O. The van der Waals surface area contributed by atoms with E-state index in [1.165, 1.54) is 0 Å². The first-order valence-electron chi connectivity index (χ1n) is 6.99. The zero-order chi connectivity index (χ0) is 16.5. The highest BCUT2D eigenvalue weighted by Crippen LogP contribution is 2.35. The molecule has 7 heteroatoms. The maximum atomic E-state index is 13.4. The number of amides is 1. The Bertz CT molecular complexity index is 543. The van der Waals surface area contributed by atoms with Crippen LogP contribution in [0.3, 0.4) is 0 Å². The van der Waals surface area contributed by atoms with Crippen LogP contribution in [0.15, 0.2) is 28.7 Å². The Kier molecular flexibility index (Phi) is 4.87. The van der Waals surface area contributed by atoms with E-state index in [-0.39, 0.29) is 18.7 Å². The van der Waals surface area contributed by atoms with Crippen molar-refractivity contribution in [2.75, 3.05) is 0 Å². The minimum atomic E-state index is -4.40. The maximum absolute atomic E-state index is 13.4. The van der Waals surface area contributed by atoms with E-state index in [0.717, 1.165) is 15.0 Å². The van der Waals surface area contributed by atoms with E-state index in [1.807, 2.05) is 0 Å². The Hall–Kier alpha value is -1.08. The number of aryl methyl sites for hydroxylation is 1. The Morgan fingerprint density at radius 2 is 1.91 bits per heavy atom. The molecule has 1 N–H and O–H groups in total. The molecule has 0 unspecified atom stereocenters. The van der Waals surface area contributed by atoms with Crippen LogP contribution in [-0.2, 0) is 11.2 Å². The number of nitrogens with one attached hydrogen (secondary N) is 1. The third kappa shape index (κ3) is 4.01. The molecule has 1 heterocycles. The van der Waals surface area contributed by atoms with Gasteiger partial charge in [0, 0.05) is 16.4 Å². The van der Waals surface area contributed by atoms with Crippen LogP contribution in [-0.4, -0.2) is 28.7 Å². The Labute approximate surface area is 136 Å². The number of benzene rings is 1. The second-order valence-corrected chi connectivity index (χ2v) is 7.03. The molecule has 22 heavy (non-hydrogen) atoms. The van der Waals surface area contributed by atoms with Gasteiger partial charge in [0.25, 0.3) is 0 Å². The van der Waals surface area contributed by atoms with Crippen LogP contribution in [0.25, 0.3) is 0 Å². The lowest BCUT2D eigenvalue weighted by Crippen LogP contribution is -2.56. The van der Waals surface area contributed by atoms with Gasteiger partial charge in [0.15, 0.2) is 0 Å². The Morgan fingerprint density at radius 1 is 1.32 bits per heavy atom. The third-order valence-corrected chi connectivity index (χ3v) is 4.33. The molecule has 1 aromatic carbocycles. The van der Waals surface area contributed by atoms with Crippen LogP contribution >= 0.6 is 15.9 Å². The van der Waals surface area contributed by atoms with Gasteiger partial charge in [-0.15, -0.1) is 0 Å². The van der Waals surface area contributed by atoms with Crippen LogP contribution in [0.5, 0.6) is 0 Å². The molecule has 2 rings (SSSR count). The maximum Gasteiger partial charge on any atom is 0.405 e. The standard InChI is InChI=1S/C15H18BrF3N2O/c1-14(2)9-13(22)20-21(14)12(15(17,18)19)8-5-10-3-6-11(16)7-4-10/h3-4,6-7,12H,5,8-9H2,1-2H3,(H,20,22)/t12-/m0/s1. The number of rotatable bonds is 4. The van der Waals surface area contributed by atoms with E-state index in [9.17, 15) is 18.0 Å². The van der Waals surface area contributed by atoms with Crippen molar-refractivity contribution in [3.63, 3.8) is 0 Å². The average Bonchev–Trinajstić information content (AvgIpc) is 2.63. The van der Waals surface area contributed by atoms with Crippen molar-refractivity contribution in [2.24, 2.45) is 0 Å². The normalized spacial score (nSPS) is 20.0. The average molecular weight is 379 g/mol. The topological polar surface area (TPSA) is 32.3 Å². The van der Waals surface area contributed by atoms with Gasteiger partial charge in [-0.2, -0.15) is 13.2 Å². The number of alkyl halides is 3. The fourth-order valence-electron chi connectivity index (χ4n) is 2.70. The Morgan fingerprint density at radius 3 is 2.36 bits per heavy atom. The van der Waals surface area contributed by atoms with Gasteiger partial charge in [0.05, 0.1) is 0 Å². The second-order valence-electron chi connectivity index (χ2n) is 6.12. The van der Waals surface area contributed by atoms with Crippen molar-refractivity contribution >= 4 is 21.8 Å².